The molecule has 1 saturated heterocycles. The molecule has 1 atom stereocenters. The number of benzene rings is 1. The van der Waals surface area contributed by atoms with Crippen LogP contribution in [0.5, 0.6) is 11.5 Å². The Morgan fingerprint density at radius 1 is 0.848 bits per heavy atom. The highest BCUT2D eigenvalue weighted by atomic mass is 35.5. The van der Waals surface area contributed by atoms with E-state index >= 15 is 0 Å². The number of hydrogen-bond donors (Lipinski definition) is 0. The van der Waals surface area contributed by atoms with Gasteiger partial charge < -0.3 is 9.47 Å². The summed E-state index contributed by atoms with van der Waals surface area (Å²) in [6, 6.07) is 7.43. The van der Waals surface area contributed by atoms with Crippen LogP contribution in [0.4, 0.5) is 0 Å². The molecule has 33 heavy (non-hydrogen) atoms. The number of piperazine rings is 1. The Kier molecular flexibility index (Phi) is 8.09. The van der Waals surface area contributed by atoms with E-state index in [0.29, 0.717) is 6.04 Å². The summed E-state index contributed by atoms with van der Waals surface area (Å²) in [6.45, 7) is 4.26. The van der Waals surface area contributed by atoms with Crippen LogP contribution in [-0.2, 0) is 0 Å². The molecule has 2 heterocycles. The maximum Gasteiger partial charge on any atom is 0.173 e. The Balaban J connectivity index is 0.00000259. The molecule has 9 heteroatoms. The molecule has 0 bridgehead atoms. The summed E-state index contributed by atoms with van der Waals surface area (Å²) >= 11 is 0. The Morgan fingerprint density at radius 2 is 1.48 bits per heavy atom. The lowest BCUT2D eigenvalue weighted by Gasteiger charge is -2.41. The van der Waals surface area contributed by atoms with Gasteiger partial charge in [0, 0.05) is 32.2 Å². The highest BCUT2D eigenvalue weighted by molar-refractivity contribution is 5.85. The third kappa shape index (κ3) is 4.98. The van der Waals surface area contributed by atoms with Gasteiger partial charge in [-0.25, -0.2) is 4.68 Å². The molecule has 0 N–H and O–H groups in total. The van der Waals surface area contributed by atoms with Crippen LogP contribution in [-0.4, -0.2) is 76.4 Å². The Bertz CT molecular complexity index is 889. The van der Waals surface area contributed by atoms with Crippen molar-refractivity contribution in [2.75, 3.05) is 40.4 Å². The first-order valence-electron chi connectivity index (χ1n) is 12.3. The molecule has 182 valence electrons. The topological polar surface area (TPSA) is 68.5 Å². The molecule has 8 nitrogen and oxygen atoms in total. The van der Waals surface area contributed by atoms with Crippen LogP contribution >= 0.6 is 12.4 Å². The molecule has 5 rings (SSSR count). The van der Waals surface area contributed by atoms with E-state index in [-0.39, 0.29) is 18.4 Å². The Labute approximate surface area is 203 Å². The van der Waals surface area contributed by atoms with Crippen LogP contribution in [0.1, 0.15) is 74.8 Å². The minimum Gasteiger partial charge on any atom is -0.493 e. The van der Waals surface area contributed by atoms with E-state index in [1.807, 2.05) is 6.07 Å². The van der Waals surface area contributed by atoms with Crippen LogP contribution in [0.25, 0.3) is 0 Å². The molecule has 1 aliphatic heterocycles. The zero-order valence-electron chi connectivity index (χ0n) is 19.9. The molecular weight excluding hydrogens is 440 g/mol. The molecule has 2 saturated carbocycles. The molecule has 0 spiro atoms. The fraction of sp³-hybridized carbons (Fsp3) is 0.708. The normalized spacial score (nSPS) is 21.8. The lowest BCUT2D eigenvalue weighted by Crippen LogP contribution is -2.51. The number of tetrazole rings is 1. The number of halogens is 1. The van der Waals surface area contributed by atoms with E-state index in [1.165, 1.54) is 38.5 Å². The van der Waals surface area contributed by atoms with Crippen molar-refractivity contribution in [1.82, 2.24) is 30.0 Å². The van der Waals surface area contributed by atoms with Gasteiger partial charge in [0.25, 0.3) is 0 Å². The molecule has 3 fully saturated rings. The largest absolute Gasteiger partial charge is 0.493 e. The molecule has 1 unspecified atom stereocenters. The third-order valence-electron chi connectivity index (χ3n) is 7.71. The summed E-state index contributed by atoms with van der Waals surface area (Å²) < 4.78 is 13.2. The van der Waals surface area contributed by atoms with Crippen molar-refractivity contribution in [3.63, 3.8) is 0 Å². The molecule has 1 aromatic heterocycles. The molecule has 2 aromatic rings. The first-order chi connectivity index (χ1) is 15.8. The summed E-state index contributed by atoms with van der Waals surface area (Å²) in [5, 5.41) is 13.2. The lowest BCUT2D eigenvalue weighted by molar-refractivity contribution is 0.0764. The minimum absolute atomic E-state index is 0. The quantitative estimate of drug-likeness (QED) is 0.600. The van der Waals surface area contributed by atoms with Crippen molar-refractivity contribution >= 4 is 12.4 Å². The molecule has 1 aromatic carbocycles. The Hall–Kier alpha value is -1.90. The number of rotatable bonds is 7. The van der Waals surface area contributed by atoms with Gasteiger partial charge in [0.1, 0.15) is 0 Å². The standard InChI is InChI=1S/C24H36N6O2.ClH/c1-31-21-12-11-18(17-22(21)32-2)23(24-25-26-27-30(24)20-9-5-6-10-20)29-15-13-28(14-16-29)19-7-3-4-8-19;/h11-12,17,19-20,23H,3-10,13-16H2,1-2H3;1H. The first-order valence-corrected chi connectivity index (χ1v) is 12.3. The maximum absolute atomic E-state index is 5.64. The van der Waals surface area contributed by atoms with Gasteiger partial charge in [-0.3, -0.25) is 9.80 Å². The second-order valence-electron chi connectivity index (χ2n) is 9.45. The predicted molar refractivity (Wildman–Crippen MR) is 129 cm³/mol. The maximum atomic E-state index is 5.64. The van der Waals surface area contributed by atoms with Gasteiger partial charge in [-0.1, -0.05) is 31.7 Å². The summed E-state index contributed by atoms with van der Waals surface area (Å²) in [5.41, 5.74) is 1.16. The molecule has 0 amide bonds. The van der Waals surface area contributed by atoms with Crippen molar-refractivity contribution in [3.8, 4) is 11.5 Å². The van der Waals surface area contributed by atoms with Crippen LogP contribution < -0.4 is 9.47 Å². The van der Waals surface area contributed by atoms with E-state index in [4.69, 9.17) is 9.47 Å². The van der Waals surface area contributed by atoms with Gasteiger partial charge in [0.2, 0.25) is 0 Å². The van der Waals surface area contributed by atoms with Gasteiger partial charge in [0.15, 0.2) is 17.3 Å². The van der Waals surface area contributed by atoms with Crippen molar-refractivity contribution in [3.05, 3.63) is 29.6 Å². The van der Waals surface area contributed by atoms with Crippen molar-refractivity contribution in [1.29, 1.82) is 0 Å². The van der Waals surface area contributed by atoms with Crippen LogP contribution in [0.15, 0.2) is 18.2 Å². The zero-order valence-corrected chi connectivity index (χ0v) is 20.7. The number of methoxy groups -OCH3 is 2. The monoisotopic (exact) mass is 476 g/mol. The van der Waals surface area contributed by atoms with E-state index in [2.05, 4.69) is 42.1 Å². The molecule has 3 aliphatic rings. The third-order valence-corrected chi connectivity index (χ3v) is 7.71. The Morgan fingerprint density at radius 3 is 2.12 bits per heavy atom. The lowest BCUT2D eigenvalue weighted by atomic mass is 10.0. The van der Waals surface area contributed by atoms with Crippen LogP contribution in [0.2, 0.25) is 0 Å². The zero-order chi connectivity index (χ0) is 21.9. The average molecular weight is 477 g/mol. The van der Waals surface area contributed by atoms with Gasteiger partial charge in [-0.15, -0.1) is 17.5 Å². The number of nitrogens with zero attached hydrogens (tertiary/aromatic N) is 6. The second kappa shape index (κ2) is 11.0. The number of ether oxygens (including phenoxy) is 2. The molecule has 2 aliphatic carbocycles. The fourth-order valence-corrected chi connectivity index (χ4v) is 5.97. The summed E-state index contributed by atoms with van der Waals surface area (Å²) in [5.74, 6) is 2.45. The highest BCUT2D eigenvalue weighted by Crippen LogP contribution is 2.38. The molecular formula is C24H37ClN6O2. The average Bonchev–Trinajstić information content (AvgIpc) is 3.62. The predicted octanol–water partition coefficient (Wildman–Crippen LogP) is 3.88. The van der Waals surface area contributed by atoms with Gasteiger partial charge in [-0.05, 0) is 53.8 Å². The highest BCUT2D eigenvalue weighted by Gasteiger charge is 2.35. The SMILES string of the molecule is COc1ccc(C(c2nnnn2C2CCCC2)N2CCN(C3CCCC3)CC2)cc1OC.Cl. The smallest absolute Gasteiger partial charge is 0.173 e. The van der Waals surface area contributed by atoms with E-state index in [9.17, 15) is 0 Å². The molecule has 0 radical (unpaired) electrons. The van der Waals surface area contributed by atoms with Crippen molar-refractivity contribution in [2.24, 2.45) is 0 Å². The summed E-state index contributed by atoms with van der Waals surface area (Å²) in [6.07, 6.45) is 10.3. The summed E-state index contributed by atoms with van der Waals surface area (Å²) in [7, 11) is 3.37. The van der Waals surface area contributed by atoms with Crippen LogP contribution in [0.3, 0.4) is 0 Å². The van der Waals surface area contributed by atoms with Gasteiger partial charge in [0.05, 0.1) is 26.3 Å². The number of hydrogen-bond acceptors (Lipinski definition) is 7. The van der Waals surface area contributed by atoms with E-state index in [0.717, 1.165) is 67.9 Å². The summed E-state index contributed by atoms with van der Waals surface area (Å²) in [4.78, 5) is 5.26. The van der Waals surface area contributed by atoms with Crippen molar-refractivity contribution < 1.29 is 9.47 Å². The minimum atomic E-state index is 0. The first kappa shape index (κ1) is 24.2. The van der Waals surface area contributed by atoms with Crippen molar-refractivity contribution in [2.45, 2.75) is 69.5 Å². The van der Waals surface area contributed by atoms with E-state index < -0.39 is 0 Å². The fourth-order valence-electron chi connectivity index (χ4n) is 5.97. The van der Waals surface area contributed by atoms with Gasteiger partial charge in [-0.2, -0.15) is 0 Å². The van der Waals surface area contributed by atoms with Crippen LogP contribution in [0, 0.1) is 0 Å². The number of aromatic nitrogens is 4. The van der Waals surface area contributed by atoms with Gasteiger partial charge >= 0.3 is 0 Å². The second-order valence-corrected chi connectivity index (χ2v) is 9.45. The van der Waals surface area contributed by atoms with E-state index in [1.54, 1.807) is 14.2 Å².